The lowest BCUT2D eigenvalue weighted by molar-refractivity contribution is -0.141. The number of sulfonamides is 1. The number of halogens is 2. The zero-order chi connectivity index (χ0) is 42.5. The van der Waals surface area contributed by atoms with Gasteiger partial charge in [0.2, 0.25) is 21.8 Å². The Balaban J connectivity index is 1.25. The zero-order valence-corrected chi connectivity index (χ0v) is 34.8. The molecule has 1 saturated heterocycles. The summed E-state index contributed by atoms with van der Waals surface area (Å²) in [7, 11) is -1.34. The number of amides is 4. The van der Waals surface area contributed by atoms with E-state index in [0.717, 1.165) is 6.42 Å². The number of hydrogen-bond acceptors (Lipinski definition) is 11. The number of alkyl halides is 2. The van der Waals surface area contributed by atoms with Gasteiger partial charge in [0.05, 0.1) is 25.8 Å². The SMILES string of the molecule is COCC1(S(=O)(=O)NC(=O)[C@@]23C[C@H]2/C=C\CCCCC[C@H](NC(=O)OC(C)(C)C)C(=O)N2C[C@@]4(CCc5c(c(C(F)F)nc6ccc(OC)cc56)O4)C[C@H]2C(=O)N3)CC1. The number of benzene rings is 1. The first-order valence-electron chi connectivity index (χ1n) is 20.2. The molecule has 5 atom stereocenters. The molecule has 3 aliphatic heterocycles. The minimum atomic E-state index is -4.21. The highest BCUT2D eigenvalue weighted by Gasteiger charge is 2.64. The van der Waals surface area contributed by atoms with E-state index >= 15 is 0 Å². The summed E-state index contributed by atoms with van der Waals surface area (Å²) >= 11 is 0. The van der Waals surface area contributed by atoms with Gasteiger partial charge in [0.1, 0.15) is 45.0 Å². The third kappa shape index (κ3) is 8.43. The predicted octanol–water partition coefficient (Wildman–Crippen LogP) is 4.76. The Labute approximate surface area is 342 Å². The fourth-order valence-corrected chi connectivity index (χ4v) is 10.2. The fraction of sp³-hybridized carbons (Fsp3) is 0.634. The van der Waals surface area contributed by atoms with E-state index in [4.69, 9.17) is 18.9 Å². The van der Waals surface area contributed by atoms with Gasteiger partial charge in [-0.2, -0.15) is 0 Å². The van der Waals surface area contributed by atoms with Crippen molar-refractivity contribution in [1.29, 1.82) is 0 Å². The molecule has 2 aromatic rings. The largest absolute Gasteiger partial charge is 0.497 e. The molecule has 3 N–H and O–H groups in total. The van der Waals surface area contributed by atoms with Crippen molar-refractivity contribution in [2.75, 3.05) is 27.4 Å². The number of pyridine rings is 1. The van der Waals surface area contributed by atoms with E-state index in [0.29, 0.717) is 54.3 Å². The van der Waals surface area contributed by atoms with Crippen molar-refractivity contribution in [1.82, 2.24) is 25.2 Å². The monoisotopic (exact) mass is 845 g/mol. The number of allylic oxidation sites excluding steroid dienone is 1. The summed E-state index contributed by atoms with van der Waals surface area (Å²) in [6.45, 7) is 4.74. The van der Waals surface area contributed by atoms with Crippen LogP contribution in [-0.2, 0) is 40.3 Å². The quantitative estimate of drug-likeness (QED) is 0.311. The van der Waals surface area contributed by atoms with Gasteiger partial charge in [-0.1, -0.05) is 25.0 Å². The van der Waals surface area contributed by atoms with Crippen LogP contribution >= 0.6 is 0 Å². The van der Waals surface area contributed by atoms with Gasteiger partial charge in [0.15, 0.2) is 5.75 Å². The summed E-state index contributed by atoms with van der Waals surface area (Å²) in [6, 6.07) is 2.48. The van der Waals surface area contributed by atoms with Crippen molar-refractivity contribution in [2.24, 2.45) is 5.92 Å². The van der Waals surface area contributed by atoms with E-state index in [1.807, 2.05) is 6.08 Å². The summed E-state index contributed by atoms with van der Waals surface area (Å²) < 4.78 is 80.1. The van der Waals surface area contributed by atoms with Gasteiger partial charge in [0.25, 0.3) is 12.3 Å². The third-order valence-electron chi connectivity index (χ3n) is 12.1. The molecule has 4 heterocycles. The predicted molar refractivity (Wildman–Crippen MR) is 210 cm³/mol. The van der Waals surface area contributed by atoms with Gasteiger partial charge in [-0.15, -0.1) is 0 Å². The number of ether oxygens (including phenoxy) is 4. The number of nitrogens with one attached hydrogen (secondary N) is 3. The number of hydrogen-bond donors (Lipinski definition) is 3. The smallest absolute Gasteiger partial charge is 0.408 e. The minimum absolute atomic E-state index is 0.104. The highest BCUT2D eigenvalue weighted by Crippen LogP contribution is 2.50. The maximum absolute atomic E-state index is 14.8. The Kier molecular flexibility index (Phi) is 11.4. The van der Waals surface area contributed by atoms with Crippen LogP contribution in [0, 0.1) is 5.92 Å². The number of methoxy groups -OCH3 is 2. The molecule has 0 unspecified atom stereocenters. The van der Waals surface area contributed by atoms with Crippen LogP contribution in [0.5, 0.6) is 11.5 Å². The molecule has 2 saturated carbocycles. The van der Waals surface area contributed by atoms with Crippen molar-refractivity contribution < 1.29 is 55.3 Å². The standard InChI is InChI=1S/C41H53F2N5O10S/c1-38(2,3)58-37(52)45-29-12-10-8-6-7-9-11-24-20-41(24,36(51)47-59(53,54)40(17-18-40)23-55-4)46-34(49)30-21-39(22-48(30)35(29)50)16-15-26-27-19-25(56-5)13-14-28(27)44-31(33(42)43)32(26)57-39/h9,11,13-14,19,24,29-30,33H,6-8,10,12,15-18,20-23H2,1-5H3,(H,45,52)(H,46,49)(H,47,51)/b11-9-/t24-,29+,30+,39-,41-/m1/s1. The first kappa shape index (κ1) is 42.5. The normalized spacial score (nSPS) is 28.5. The molecule has 1 spiro atoms. The second-order valence-corrected chi connectivity index (χ2v) is 19.6. The van der Waals surface area contributed by atoms with Crippen LogP contribution < -0.4 is 24.8 Å². The maximum atomic E-state index is 14.8. The van der Waals surface area contributed by atoms with Crippen molar-refractivity contribution in [3.63, 3.8) is 0 Å². The number of aryl methyl sites for hydroxylation is 1. The van der Waals surface area contributed by atoms with Crippen LogP contribution in [0.1, 0.15) is 103 Å². The Morgan fingerprint density at radius 2 is 1.86 bits per heavy atom. The molecule has 2 aliphatic carbocycles. The van der Waals surface area contributed by atoms with Crippen molar-refractivity contribution in [3.8, 4) is 11.5 Å². The molecule has 4 amide bonds. The summed E-state index contributed by atoms with van der Waals surface area (Å²) in [5.74, 6) is -2.46. The topological polar surface area (TPSA) is 192 Å². The molecule has 59 heavy (non-hydrogen) atoms. The average molecular weight is 846 g/mol. The fourth-order valence-electron chi connectivity index (χ4n) is 8.69. The molecular weight excluding hydrogens is 793 g/mol. The molecule has 322 valence electrons. The number of fused-ring (bicyclic) bond motifs is 5. The van der Waals surface area contributed by atoms with Gasteiger partial charge in [-0.25, -0.2) is 27.0 Å². The third-order valence-corrected chi connectivity index (χ3v) is 14.2. The molecule has 0 bridgehead atoms. The molecule has 3 fully saturated rings. The molecule has 15 nitrogen and oxygen atoms in total. The van der Waals surface area contributed by atoms with Crippen LogP contribution in [0.15, 0.2) is 30.4 Å². The molecule has 18 heteroatoms. The second-order valence-electron chi connectivity index (χ2n) is 17.5. The average Bonchev–Trinajstić information content (AvgIpc) is 4.07. The Morgan fingerprint density at radius 3 is 2.54 bits per heavy atom. The lowest BCUT2D eigenvalue weighted by atomic mass is 9.87. The van der Waals surface area contributed by atoms with Crippen molar-refractivity contribution >= 4 is 44.7 Å². The Morgan fingerprint density at radius 1 is 1.10 bits per heavy atom. The number of rotatable bonds is 8. The lowest BCUT2D eigenvalue weighted by Crippen LogP contribution is -2.59. The number of nitrogens with zero attached hydrogens (tertiary/aromatic N) is 2. The maximum Gasteiger partial charge on any atom is 0.408 e. The van der Waals surface area contributed by atoms with E-state index in [-0.39, 0.29) is 51.0 Å². The van der Waals surface area contributed by atoms with Crippen molar-refractivity contribution in [3.05, 3.63) is 41.6 Å². The van der Waals surface area contributed by atoms with Crippen LogP contribution in [-0.4, -0.2) is 103 Å². The van der Waals surface area contributed by atoms with Crippen LogP contribution in [0.25, 0.3) is 10.9 Å². The molecule has 1 aromatic carbocycles. The first-order valence-corrected chi connectivity index (χ1v) is 21.7. The van der Waals surface area contributed by atoms with E-state index in [1.54, 1.807) is 45.0 Å². The van der Waals surface area contributed by atoms with Gasteiger partial charge >= 0.3 is 6.09 Å². The molecule has 0 radical (unpaired) electrons. The number of carbonyl (C=O) groups is 4. The summed E-state index contributed by atoms with van der Waals surface area (Å²) in [5.41, 5.74) is -3.65. The van der Waals surface area contributed by atoms with Crippen LogP contribution in [0.3, 0.4) is 0 Å². The highest BCUT2D eigenvalue weighted by atomic mass is 32.2. The zero-order valence-electron chi connectivity index (χ0n) is 34.0. The van der Waals surface area contributed by atoms with Crippen molar-refractivity contribution in [2.45, 2.75) is 131 Å². The molecule has 7 rings (SSSR count). The molecule has 1 aromatic heterocycles. The highest BCUT2D eigenvalue weighted by molar-refractivity contribution is 7.91. The van der Waals surface area contributed by atoms with E-state index in [2.05, 4.69) is 20.3 Å². The summed E-state index contributed by atoms with van der Waals surface area (Å²) in [4.78, 5) is 62.3. The van der Waals surface area contributed by atoms with Gasteiger partial charge < -0.3 is 34.5 Å². The summed E-state index contributed by atoms with van der Waals surface area (Å²) in [6.07, 6.45) is 3.65. The van der Waals surface area contributed by atoms with Gasteiger partial charge in [-0.3, -0.25) is 19.1 Å². The van der Waals surface area contributed by atoms with E-state index in [1.165, 1.54) is 19.1 Å². The van der Waals surface area contributed by atoms with Crippen LogP contribution in [0.4, 0.5) is 13.6 Å². The lowest BCUT2D eigenvalue weighted by Gasteiger charge is -2.37. The van der Waals surface area contributed by atoms with Gasteiger partial charge in [-0.05, 0) is 90.3 Å². The second kappa shape index (κ2) is 15.8. The van der Waals surface area contributed by atoms with Gasteiger partial charge in [0, 0.05) is 30.4 Å². The minimum Gasteiger partial charge on any atom is -0.497 e. The number of alkyl carbamates (subject to hydrolysis) is 1. The van der Waals surface area contributed by atoms with E-state index in [9.17, 15) is 36.4 Å². The first-order chi connectivity index (χ1) is 27.9. The number of carbonyl (C=O) groups excluding carboxylic acids is 4. The Bertz CT molecular complexity index is 2160. The Hall–Kier alpha value is -4.58. The molecular formula is C41H53F2N5O10S. The van der Waals surface area contributed by atoms with E-state index < -0.39 is 85.4 Å². The van der Waals surface area contributed by atoms with Crippen LogP contribution in [0.2, 0.25) is 0 Å². The summed E-state index contributed by atoms with van der Waals surface area (Å²) in [5, 5.41) is 6.11. The number of aromatic nitrogens is 1. The molecule has 5 aliphatic rings.